The summed E-state index contributed by atoms with van der Waals surface area (Å²) in [7, 11) is 1.98. The Morgan fingerprint density at radius 2 is 2.04 bits per heavy atom. The van der Waals surface area contributed by atoms with Crippen LogP contribution in [-0.4, -0.2) is 47.0 Å². The van der Waals surface area contributed by atoms with Crippen molar-refractivity contribution in [3.63, 3.8) is 0 Å². The quantitative estimate of drug-likeness (QED) is 0.234. The fraction of sp³-hybridized carbons (Fsp3) is 0.833. The highest BCUT2D eigenvalue weighted by molar-refractivity contribution is 14.0. The molecule has 0 unspecified atom stereocenters. The van der Waals surface area contributed by atoms with Gasteiger partial charge in [-0.05, 0) is 44.9 Å². The zero-order valence-electron chi connectivity index (χ0n) is 16.7. The van der Waals surface area contributed by atoms with Gasteiger partial charge in [-0.1, -0.05) is 13.3 Å². The fourth-order valence-corrected chi connectivity index (χ4v) is 3.04. The number of hydrogen-bond acceptors (Lipinski definition) is 4. The minimum absolute atomic E-state index is 0. The van der Waals surface area contributed by atoms with Crippen LogP contribution >= 0.6 is 24.0 Å². The Labute approximate surface area is 174 Å². The molecule has 0 spiro atoms. The molecule has 1 aliphatic carbocycles. The molecule has 0 bridgehead atoms. The second kappa shape index (κ2) is 11.7. The predicted molar refractivity (Wildman–Crippen MR) is 116 cm³/mol. The van der Waals surface area contributed by atoms with E-state index in [1.54, 1.807) is 0 Å². The summed E-state index contributed by atoms with van der Waals surface area (Å²) in [6, 6.07) is 0. The third kappa shape index (κ3) is 6.68. The molecule has 1 aromatic rings. The molecule has 1 aliphatic rings. The third-order valence-electron chi connectivity index (χ3n) is 5.32. The van der Waals surface area contributed by atoms with Crippen molar-refractivity contribution >= 4 is 29.9 Å². The number of nitrogens with one attached hydrogen (secondary N) is 2. The lowest BCUT2D eigenvalue weighted by Gasteiger charge is -2.41. The van der Waals surface area contributed by atoms with Gasteiger partial charge in [0.05, 0.1) is 0 Å². The first-order chi connectivity index (χ1) is 12.1. The molecular formula is C18H35IN6O. The van der Waals surface area contributed by atoms with Gasteiger partial charge in [0.1, 0.15) is 12.4 Å². The number of aliphatic imine (C=N–C) groups is 1. The van der Waals surface area contributed by atoms with Gasteiger partial charge in [0, 0.05) is 33.4 Å². The molecule has 7 nitrogen and oxygen atoms in total. The van der Waals surface area contributed by atoms with E-state index in [0.717, 1.165) is 50.3 Å². The van der Waals surface area contributed by atoms with Crippen LogP contribution in [0.25, 0.3) is 0 Å². The smallest absolute Gasteiger partial charge is 0.191 e. The summed E-state index contributed by atoms with van der Waals surface area (Å²) in [5.74, 6) is 2.64. The lowest BCUT2D eigenvalue weighted by molar-refractivity contribution is 0.131. The third-order valence-corrected chi connectivity index (χ3v) is 5.32. The van der Waals surface area contributed by atoms with E-state index >= 15 is 0 Å². The van der Waals surface area contributed by atoms with Crippen molar-refractivity contribution in [1.82, 2.24) is 25.4 Å². The Morgan fingerprint density at radius 1 is 1.27 bits per heavy atom. The maximum atomic E-state index is 5.40. The van der Waals surface area contributed by atoms with Crippen LogP contribution in [0.3, 0.4) is 0 Å². The van der Waals surface area contributed by atoms with E-state index in [4.69, 9.17) is 9.73 Å². The molecule has 1 saturated carbocycles. The number of aromatic nitrogens is 3. The van der Waals surface area contributed by atoms with Gasteiger partial charge in [-0.2, -0.15) is 0 Å². The highest BCUT2D eigenvalue weighted by Gasteiger charge is 2.34. The van der Waals surface area contributed by atoms with Gasteiger partial charge in [-0.25, -0.2) is 4.99 Å². The molecule has 0 amide bonds. The van der Waals surface area contributed by atoms with Gasteiger partial charge in [0.25, 0.3) is 0 Å². The van der Waals surface area contributed by atoms with Crippen LogP contribution in [0.5, 0.6) is 0 Å². The van der Waals surface area contributed by atoms with E-state index < -0.39 is 0 Å². The van der Waals surface area contributed by atoms with Crippen LogP contribution in [0, 0.1) is 12.3 Å². The van der Waals surface area contributed by atoms with E-state index in [1.807, 2.05) is 25.5 Å². The van der Waals surface area contributed by atoms with Crippen molar-refractivity contribution in [2.75, 3.05) is 26.3 Å². The SMILES string of the molecule is CCOCCCNC(=NCc1nnc(C)n1C)NCC1(CC)CCC1.I. The molecule has 0 aromatic carbocycles. The van der Waals surface area contributed by atoms with Crippen molar-refractivity contribution < 1.29 is 4.74 Å². The molecule has 0 radical (unpaired) electrons. The molecule has 0 aliphatic heterocycles. The van der Waals surface area contributed by atoms with Crippen molar-refractivity contribution in [1.29, 1.82) is 0 Å². The first kappa shape index (κ1) is 23.1. The predicted octanol–water partition coefficient (Wildman–Crippen LogP) is 2.78. The Kier molecular flexibility index (Phi) is 10.4. The largest absolute Gasteiger partial charge is 0.382 e. The monoisotopic (exact) mass is 478 g/mol. The summed E-state index contributed by atoms with van der Waals surface area (Å²) in [6.07, 6.45) is 6.17. The summed E-state index contributed by atoms with van der Waals surface area (Å²) in [6.45, 7) is 10.2. The number of ether oxygens (including phenoxy) is 1. The van der Waals surface area contributed by atoms with Crippen LogP contribution < -0.4 is 10.6 Å². The summed E-state index contributed by atoms with van der Waals surface area (Å²) in [5, 5.41) is 15.3. The van der Waals surface area contributed by atoms with Gasteiger partial charge < -0.3 is 19.9 Å². The second-order valence-electron chi connectivity index (χ2n) is 6.93. The van der Waals surface area contributed by atoms with Gasteiger partial charge >= 0.3 is 0 Å². The molecule has 8 heteroatoms. The number of aryl methyl sites for hydroxylation is 1. The zero-order valence-corrected chi connectivity index (χ0v) is 19.0. The Hall–Kier alpha value is -0.900. The highest BCUT2D eigenvalue weighted by atomic mass is 127. The molecule has 0 atom stereocenters. The van der Waals surface area contributed by atoms with E-state index in [-0.39, 0.29) is 24.0 Å². The first-order valence-corrected chi connectivity index (χ1v) is 9.55. The Morgan fingerprint density at radius 3 is 2.58 bits per heavy atom. The van der Waals surface area contributed by atoms with Gasteiger partial charge in [-0.3, -0.25) is 0 Å². The summed E-state index contributed by atoms with van der Waals surface area (Å²) < 4.78 is 7.38. The van der Waals surface area contributed by atoms with Gasteiger partial charge in [0.15, 0.2) is 11.8 Å². The number of nitrogens with zero attached hydrogens (tertiary/aromatic N) is 4. The molecule has 150 valence electrons. The van der Waals surface area contributed by atoms with Crippen LogP contribution in [-0.2, 0) is 18.3 Å². The van der Waals surface area contributed by atoms with Crippen molar-refractivity contribution in [3.05, 3.63) is 11.6 Å². The van der Waals surface area contributed by atoms with Crippen LogP contribution in [0.1, 0.15) is 57.6 Å². The van der Waals surface area contributed by atoms with Gasteiger partial charge in [-0.15, -0.1) is 34.2 Å². The van der Waals surface area contributed by atoms with Crippen molar-refractivity contribution in [2.24, 2.45) is 17.5 Å². The molecule has 0 saturated heterocycles. The molecule has 26 heavy (non-hydrogen) atoms. The van der Waals surface area contributed by atoms with Gasteiger partial charge in [0.2, 0.25) is 0 Å². The normalized spacial score (nSPS) is 15.9. The number of hydrogen-bond donors (Lipinski definition) is 2. The van der Waals surface area contributed by atoms with E-state index in [2.05, 4.69) is 27.8 Å². The van der Waals surface area contributed by atoms with E-state index in [0.29, 0.717) is 12.0 Å². The van der Waals surface area contributed by atoms with Crippen molar-refractivity contribution in [3.8, 4) is 0 Å². The standard InChI is InChI=1S/C18H34N6O.HI/c1-5-18(9-7-10-18)14-21-17(19-11-8-12-25-6-2)20-13-16-23-22-15(3)24(16)4;/h5-14H2,1-4H3,(H2,19,20,21);1H. The maximum Gasteiger partial charge on any atom is 0.191 e. The lowest BCUT2D eigenvalue weighted by atomic mass is 9.67. The molecular weight excluding hydrogens is 443 g/mol. The van der Waals surface area contributed by atoms with Crippen molar-refractivity contribution in [2.45, 2.75) is 59.4 Å². The molecule has 1 aromatic heterocycles. The molecule has 1 fully saturated rings. The fourth-order valence-electron chi connectivity index (χ4n) is 3.04. The maximum absolute atomic E-state index is 5.40. The highest BCUT2D eigenvalue weighted by Crippen LogP contribution is 2.42. The number of halogens is 1. The molecule has 1 heterocycles. The van der Waals surface area contributed by atoms with Crippen LogP contribution in [0.4, 0.5) is 0 Å². The lowest BCUT2D eigenvalue weighted by Crippen LogP contribution is -2.46. The second-order valence-corrected chi connectivity index (χ2v) is 6.93. The summed E-state index contributed by atoms with van der Waals surface area (Å²) >= 11 is 0. The average molecular weight is 478 g/mol. The number of guanidine groups is 1. The average Bonchev–Trinajstić information content (AvgIpc) is 2.90. The Balaban J connectivity index is 0.00000338. The summed E-state index contributed by atoms with van der Waals surface area (Å²) in [5.41, 5.74) is 0.454. The van der Waals surface area contributed by atoms with Crippen LogP contribution in [0.15, 0.2) is 4.99 Å². The van der Waals surface area contributed by atoms with E-state index in [1.165, 1.54) is 25.7 Å². The summed E-state index contributed by atoms with van der Waals surface area (Å²) in [4.78, 5) is 4.71. The molecule has 2 N–H and O–H groups in total. The topological polar surface area (TPSA) is 76.4 Å². The number of rotatable bonds is 10. The zero-order chi connectivity index (χ0) is 18.1. The first-order valence-electron chi connectivity index (χ1n) is 9.55. The molecule has 2 rings (SSSR count). The Bertz CT molecular complexity index is 550. The minimum atomic E-state index is 0. The van der Waals surface area contributed by atoms with Crippen LogP contribution in [0.2, 0.25) is 0 Å². The minimum Gasteiger partial charge on any atom is -0.382 e. The van der Waals surface area contributed by atoms with E-state index in [9.17, 15) is 0 Å².